The van der Waals surface area contributed by atoms with Gasteiger partial charge in [-0.05, 0) is 0 Å². The van der Waals surface area contributed by atoms with E-state index in [9.17, 15) is 26.9 Å². The van der Waals surface area contributed by atoms with Crippen LogP contribution in [-0.4, -0.2) is 83.8 Å². The van der Waals surface area contributed by atoms with E-state index >= 15 is 0 Å². The average Bonchev–Trinajstić information content (AvgIpc) is 2.64. The average molecular weight is 652 g/mol. The van der Waals surface area contributed by atoms with Crippen LogP contribution in [-0.2, 0) is 9.59 Å². The molecule has 1 fully saturated rings. The van der Waals surface area contributed by atoms with Gasteiger partial charge in [-0.1, -0.05) is 0 Å². The molecule has 8 N–H and O–H groups in total. The van der Waals surface area contributed by atoms with E-state index in [1.807, 2.05) is 0 Å². The number of halogens is 4. The second-order valence-electron chi connectivity index (χ2n) is 6.76. The summed E-state index contributed by atoms with van der Waals surface area (Å²) >= 11 is -3.21. The van der Waals surface area contributed by atoms with Crippen LogP contribution in [0.5, 0.6) is 0 Å². The Balaban J connectivity index is -0.000000150. The third-order valence-corrected chi connectivity index (χ3v) is 11.5. The SMILES string of the molecule is OB(O)F.OB(O)F.OB(O)F.OB(O)F.[CH3][U]([CH3])([CH3])([CH3])[N]1C(=O)CCC1=O. The van der Waals surface area contributed by atoms with Crippen LogP contribution in [0.2, 0.25) is 15.8 Å². The first-order valence-electron chi connectivity index (χ1n) is 7.22. The fourth-order valence-corrected chi connectivity index (χ4v) is 10.8. The van der Waals surface area contributed by atoms with Crippen molar-refractivity contribution in [3.63, 3.8) is 0 Å². The van der Waals surface area contributed by atoms with Crippen LogP contribution < -0.4 is 0 Å². The molecule has 0 spiro atoms. The van der Waals surface area contributed by atoms with E-state index in [1.165, 1.54) is 0 Å². The van der Waals surface area contributed by atoms with E-state index < -0.39 is 52.6 Å². The summed E-state index contributed by atoms with van der Waals surface area (Å²) in [6.07, 6.45) is 0.853. The number of nitrogens with zero attached hydrogens (tertiary/aromatic N) is 1. The van der Waals surface area contributed by atoms with Crippen LogP contribution in [0.1, 0.15) is 12.8 Å². The van der Waals surface area contributed by atoms with E-state index in [1.54, 1.807) is 2.23 Å². The molecule has 0 unspecified atom stereocenters. The first kappa shape index (κ1) is 35.3. The molecule has 0 atom stereocenters. The molecule has 0 aromatic rings. The van der Waals surface area contributed by atoms with Crippen molar-refractivity contribution < 1.29 is 90.0 Å². The number of carbonyl (C=O) groups is 2. The number of hydrogen-bond acceptors (Lipinski definition) is 10. The van der Waals surface area contributed by atoms with E-state index in [2.05, 4.69) is 15.8 Å². The Morgan fingerprint density at radius 2 is 0.786 bits per heavy atom. The van der Waals surface area contributed by atoms with Gasteiger partial charge in [0.1, 0.15) is 0 Å². The summed E-state index contributed by atoms with van der Waals surface area (Å²) in [6.45, 7) is 0. The maximum atomic E-state index is 11.4. The Labute approximate surface area is 162 Å². The summed E-state index contributed by atoms with van der Waals surface area (Å²) in [5.41, 5.74) is 0. The van der Waals surface area contributed by atoms with Crippen molar-refractivity contribution in [1.29, 1.82) is 0 Å². The van der Waals surface area contributed by atoms with Crippen LogP contribution >= 0.6 is 0 Å². The van der Waals surface area contributed by atoms with Crippen LogP contribution in [0.4, 0.5) is 17.3 Å². The number of rotatable bonds is 1. The van der Waals surface area contributed by atoms with E-state index in [0.29, 0.717) is 12.8 Å². The minimum atomic E-state index is -3.21. The van der Waals surface area contributed by atoms with E-state index in [-0.39, 0.29) is 11.8 Å². The van der Waals surface area contributed by atoms with Crippen molar-refractivity contribution in [3.8, 4) is 0 Å². The number of carbonyl (C=O) groups excluding carboxylic acids is 2. The zero-order valence-corrected chi connectivity index (χ0v) is 19.7. The van der Waals surface area contributed by atoms with Crippen molar-refractivity contribution in [2.24, 2.45) is 0 Å². The second kappa shape index (κ2) is 16.6. The molecule has 1 rings (SSSR count). The molecule has 20 heteroatoms. The van der Waals surface area contributed by atoms with Gasteiger partial charge in [0.15, 0.2) is 0 Å². The first-order valence-corrected chi connectivity index (χ1v) is 25.7. The monoisotopic (exact) mass is 652 g/mol. The van der Waals surface area contributed by atoms with Gasteiger partial charge >= 0.3 is 105 Å². The van der Waals surface area contributed by atoms with Crippen LogP contribution in [0.15, 0.2) is 0 Å². The number of hydrogen-bond donors (Lipinski definition) is 8. The van der Waals surface area contributed by atoms with E-state index in [0.717, 1.165) is 0 Å². The zero-order chi connectivity index (χ0) is 23.9. The molecule has 28 heavy (non-hydrogen) atoms. The molecule has 0 aromatic carbocycles. The molecule has 1 heterocycles. The Hall–Kier alpha value is -0.148. The third-order valence-electron chi connectivity index (χ3n) is 1.95. The number of amides is 2. The molecule has 0 bridgehead atoms. The standard InChI is InChI=1S/C4H5NO2.4CH3.4BFH2O2.U/c6-3-1-2-4(7)5-3;;;;;4*2-1(3)4;/h1-2H2,(H,5,6,7);4*1H3;4*3-4H;/q;;;;;;;;;+1/p-1. The van der Waals surface area contributed by atoms with Crippen molar-refractivity contribution in [1.82, 2.24) is 2.23 Å². The normalized spacial score (nSPS) is 13.6. The van der Waals surface area contributed by atoms with Gasteiger partial charge in [-0.3, -0.25) is 17.3 Å². The molecular formula is C8H24B4F4NO10U. The molecule has 1 aliphatic heterocycles. The van der Waals surface area contributed by atoms with Gasteiger partial charge < -0.3 is 40.2 Å². The Morgan fingerprint density at radius 3 is 0.857 bits per heavy atom. The van der Waals surface area contributed by atoms with Gasteiger partial charge in [0.25, 0.3) is 0 Å². The molecule has 0 aromatic heterocycles. The fourth-order valence-electron chi connectivity index (χ4n) is 1.57. The molecule has 1 aliphatic rings. The molecule has 0 saturated carbocycles. The van der Waals surface area contributed by atoms with Gasteiger partial charge in [0, 0.05) is 0 Å². The minimum absolute atomic E-state index is 0.0492. The quantitative estimate of drug-likeness (QED) is 0.0862. The van der Waals surface area contributed by atoms with Crippen molar-refractivity contribution in [3.05, 3.63) is 0 Å². The molecule has 2 amide bonds. The molecular weight excluding hydrogens is 627 g/mol. The Morgan fingerprint density at radius 1 is 0.643 bits per heavy atom. The van der Waals surface area contributed by atoms with Crippen LogP contribution in [0.25, 0.3) is 0 Å². The predicted octanol–water partition coefficient (Wildman–Crippen LogP) is -2.36. The molecule has 11 nitrogen and oxygen atoms in total. The van der Waals surface area contributed by atoms with Gasteiger partial charge in [-0.15, -0.1) is 0 Å². The summed E-state index contributed by atoms with van der Waals surface area (Å²) in [5.74, 6) is 0.0985. The predicted molar refractivity (Wildman–Crippen MR) is 89.7 cm³/mol. The third kappa shape index (κ3) is 36.7. The van der Waals surface area contributed by atoms with Crippen LogP contribution in [0, 0.1) is 23.0 Å². The Kier molecular flexibility index (Phi) is 21.0. The van der Waals surface area contributed by atoms with Gasteiger partial charge in [0.05, 0.1) is 0 Å². The maximum absolute atomic E-state index is 11.4. The summed E-state index contributed by atoms with van der Waals surface area (Å²) in [7, 11) is -10.7. The van der Waals surface area contributed by atoms with Gasteiger partial charge in [-0.2, -0.15) is 0 Å². The molecule has 1 saturated heterocycles. The summed E-state index contributed by atoms with van der Waals surface area (Å²) < 4.78 is 50.5. The van der Waals surface area contributed by atoms with Gasteiger partial charge in [0.2, 0.25) is 0 Å². The van der Waals surface area contributed by atoms with E-state index in [4.69, 9.17) is 40.2 Å². The zero-order valence-electron chi connectivity index (χ0n) is 15.6. The molecule has 165 valence electrons. The van der Waals surface area contributed by atoms with Crippen molar-refractivity contribution in [2.75, 3.05) is 0 Å². The van der Waals surface area contributed by atoms with Crippen LogP contribution in [0.3, 0.4) is 0 Å². The molecule has 0 aliphatic carbocycles. The summed E-state index contributed by atoms with van der Waals surface area (Å²) in [6, 6.07) is 0. The summed E-state index contributed by atoms with van der Waals surface area (Å²) in [5, 5.41) is 55.6. The first-order chi connectivity index (χ1) is 12.1. The van der Waals surface area contributed by atoms with Crippen molar-refractivity contribution >= 4 is 41.4 Å². The fraction of sp³-hybridized carbons (Fsp3) is 0.750. The topological polar surface area (TPSA) is 199 Å². The Bertz CT molecular complexity index is 383. The van der Waals surface area contributed by atoms with Gasteiger partial charge in [-0.25, -0.2) is 0 Å². The number of imide groups is 1. The summed E-state index contributed by atoms with van der Waals surface area (Å²) in [4.78, 5) is 22.8. The molecule has 0 radical (unpaired) electrons. The second-order valence-corrected chi connectivity index (χ2v) is 41.1. The van der Waals surface area contributed by atoms with Crippen molar-refractivity contribution in [2.45, 2.75) is 28.7 Å².